The lowest BCUT2D eigenvalue weighted by atomic mass is 9.96. The van der Waals surface area contributed by atoms with Crippen LogP contribution in [0.1, 0.15) is 6.92 Å². The molecule has 1 atom stereocenters. The molecular weight excluding hydrogens is 304 g/mol. The molecule has 0 fully saturated rings. The fourth-order valence-corrected chi connectivity index (χ4v) is 1.03. The monoisotopic (exact) mass is 314 g/mol. The lowest BCUT2D eigenvalue weighted by Crippen LogP contribution is -2.34. The number of aliphatic hydroxyl groups is 1. The van der Waals surface area contributed by atoms with E-state index in [1.54, 1.807) is 6.92 Å². The van der Waals surface area contributed by atoms with Gasteiger partial charge in [-0.2, -0.15) is 0 Å². The Morgan fingerprint density at radius 2 is 2.31 bits per heavy atom. The van der Waals surface area contributed by atoms with Crippen molar-refractivity contribution in [2.75, 3.05) is 13.2 Å². The number of carbonyl (C=O) groups excluding carboxylic acids is 1. The SMILES string of the molecule is C=CC(=O)OCC(C)(CO)C(Br)Br. The fraction of sp³-hybridized carbons (Fsp3) is 0.625. The molecule has 13 heavy (non-hydrogen) atoms. The lowest BCUT2D eigenvalue weighted by molar-refractivity contribution is -0.141. The smallest absolute Gasteiger partial charge is 0.330 e. The Hall–Kier alpha value is 0.130. The van der Waals surface area contributed by atoms with Crippen molar-refractivity contribution in [3.63, 3.8) is 0 Å². The minimum Gasteiger partial charge on any atom is -0.462 e. The summed E-state index contributed by atoms with van der Waals surface area (Å²) in [6.45, 7) is 5.11. The van der Waals surface area contributed by atoms with Gasteiger partial charge in [-0.15, -0.1) is 0 Å². The van der Waals surface area contributed by atoms with Crippen LogP contribution >= 0.6 is 31.9 Å². The molecule has 0 heterocycles. The first-order valence-electron chi connectivity index (χ1n) is 3.64. The van der Waals surface area contributed by atoms with Crippen LogP contribution in [0, 0.1) is 5.41 Å². The Morgan fingerprint density at radius 3 is 2.62 bits per heavy atom. The molecule has 0 radical (unpaired) electrons. The minimum absolute atomic E-state index is 0.0847. The van der Waals surface area contributed by atoms with Crippen LogP contribution in [0.3, 0.4) is 0 Å². The van der Waals surface area contributed by atoms with Crippen molar-refractivity contribution in [2.24, 2.45) is 5.41 Å². The van der Waals surface area contributed by atoms with Crippen molar-refractivity contribution in [2.45, 2.75) is 10.7 Å². The fourth-order valence-electron chi connectivity index (χ4n) is 0.473. The number of hydrogen-bond acceptors (Lipinski definition) is 3. The highest BCUT2D eigenvalue weighted by atomic mass is 79.9. The summed E-state index contributed by atoms with van der Waals surface area (Å²) >= 11 is 6.54. The molecule has 0 saturated carbocycles. The number of rotatable bonds is 5. The van der Waals surface area contributed by atoms with Crippen molar-refractivity contribution in [3.8, 4) is 0 Å². The molecule has 0 aliphatic heterocycles. The van der Waals surface area contributed by atoms with Crippen LogP contribution in [0.15, 0.2) is 12.7 Å². The van der Waals surface area contributed by atoms with Gasteiger partial charge in [-0.05, 0) is 0 Å². The van der Waals surface area contributed by atoms with E-state index in [1.807, 2.05) is 0 Å². The van der Waals surface area contributed by atoms with Crippen molar-refractivity contribution in [3.05, 3.63) is 12.7 Å². The molecule has 0 rings (SSSR count). The van der Waals surface area contributed by atoms with E-state index in [2.05, 4.69) is 38.4 Å². The summed E-state index contributed by atoms with van der Waals surface area (Å²) in [6.07, 6.45) is 1.09. The third kappa shape index (κ3) is 4.24. The normalized spacial score (nSPS) is 15.2. The van der Waals surface area contributed by atoms with Crippen LogP contribution < -0.4 is 0 Å². The molecule has 0 aromatic carbocycles. The van der Waals surface area contributed by atoms with Crippen LogP contribution in [0.4, 0.5) is 0 Å². The molecule has 0 aromatic rings. The predicted molar refractivity (Wildman–Crippen MR) is 58.0 cm³/mol. The first kappa shape index (κ1) is 13.1. The molecule has 5 heteroatoms. The van der Waals surface area contributed by atoms with Gasteiger partial charge in [-0.3, -0.25) is 0 Å². The Balaban J connectivity index is 4.12. The maximum Gasteiger partial charge on any atom is 0.330 e. The second kappa shape index (κ2) is 5.78. The zero-order valence-corrected chi connectivity index (χ0v) is 10.5. The highest BCUT2D eigenvalue weighted by molar-refractivity contribution is 9.24. The van der Waals surface area contributed by atoms with Crippen molar-refractivity contribution in [1.29, 1.82) is 0 Å². The molecule has 0 aromatic heterocycles. The number of alkyl halides is 2. The maximum atomic E-state index is 10.7. The number of esters is 1. The van der Waals surface area contributed by atoms with Crippen LogP contribution in [0.5, 0.6) is 0 Å². The van der Waals surface area contributed by atoms with E-state index in [0.717, 1.165) is 6.08 Å². The van der Waals surface area contributed by atoms with E-state index in [0.29, 0.717) is 0 Å². The first-order valence-corrected chi connectivity index (χ1v) is 5.47. The van der Waals surface area contributed by atoms with Gasteiger partial charge >= 0.3 is 5.97 Å². The van der Waals surface area contributed by atoms with Crippen LogP contribution in [0.25, 0.3) is 0 Å². The highest BCUT2D eigenvalue weighted by Gasteiger charge is 2.31. The quantitative estimate of drug-likeness (QED) is 0.478. The molecule has 0 bridgehead atoms. The summed E-state index contributed by atoms with van der Waals surface area (Å²) in [6, 6.07) is 0. The molecule has 76 valence electrons. The van der Waals surface area contributed by atoms with E-state index >= 15 is 0 Å². The number of halogens is 2. The molecule has 0 amide bonds. The van der Waals surface area contributed by atoms with Gasteiger partial charge in [0.2, 0.25) is 0 Å². The third-order valence-corrected chi connectivity index (χ3v) is 3.81. The van der Waals surface area contributed by atoms with Gasteiger partial charge in [0.1, 0.15) is 6.61 Å². The summed E-state index contributed by atoms with van der Waals surface area (Å²) in [5.74, 6) is -0.486. The van der Waals surface area contributed by atoms with Gasteiger partial charge in [0.05, 0.1) is 10.3 Å². The second-order valence-electron chi connectivity index (χ2n) is 2.92. The Labute approximate surface area is 94.4 Å². The van der Waals surface area contributed by atoms with E-state index < -0.39 is 11.4 Å². The topological polar surface area (TPSA) is 46.5 Å². The van der Waals surface area contributed by atoms with Crippen molar-refractivity contribution < 1.29 is 14.6 Å². The molecule has 0 aliphatic carbocycles. The third-order valence-electron chi connectivity index (χ3n) is 1.60. The number of ether oxygens (including phenoxy) is 1. The van der Waals surface area contributed by atoms with Gasteiger partial charge in [-0.25, -0.2) is 4.79 Å². The highest BCUT2D eigenvalue weighted by Crippen LogP contribution is 2.31. The summed E-state index contributed by atoms with van der Waals surface area (Å²) in [4.78, 5) is 10.7. The average Bonchev–Trinajstić information content (AvgIpc) is 2.13. The van der Waals surface area contributed by atoms with Gasteiger partial charge in [0, 0.05) is 11.5 Å². The van der Waals surface area contributed by atoms with E-state index in [-0.39, 0.29) is 17.0 Å². The summed E-state index contributed by atoms with van der Waals surface area (Å²) in [5.41, 5.74) is -0.529. The molecule has 0 aliphatic rings. The Morgan fingerprint density at radius 1 is 1.77 bits per heavy atom. The van der Waals surface area contributed by atoms with Crippen LogP contribution in [-0.4, -0.2) is 28.0 Å². The lowest BCUT2D eigenvalue weighted by Gasteiger charge is -2.27. The number of aliphatic hydroxyl groups excluding tert-OH is 1. The molecular formula is C8H12Br2O3. The summed E-state index contributed by atoms with van der Waals surface area (Å²) in [7, 11) is 0. The standard InChI is InChI=1S/C8H12Br2O3/c1-3-6(12)13-5-8(2,4-11)7(9)10/h3,7,11H,1,4-5H2,2H3. The van der Waals surface area contributed by atoms with Crippen LogP contribution in [-0.2, 0) is 9.53 Å². The number of carbonyl (C=O) groups is 1. The van der Waals surface area contributed by atoms with E-state index in [4.69, 9.17) is 9.84 Å². The molecule has 1 N–H and O–H groups in total. The minimum atomic E-state index is -0.529. The van der Waals surface area contributed by atoms with E-state index in [1.165, 1.54) is 0 Å². The zero-order chi connectivity index (χ0) is 10.5. The molecule has 0 spiro atoms. The molecule has 3 nitrogen and oxygen atoms in total. The average molecular weight is 316 g/mol. The van der Waals surface area contributed by atoms with E-state index in [9.17, 15) is 4.79 Å². The Bertz CT molecular complexity index is 194. The predicted octanol–water partition coefficient (Wildman–Crippen LogP) is 1.83. The molecule has 0 saturated heterocycles. The Kier molecular flexibility index (Phi) is 5.83. The van der Waals surface area contributed by atoms with Gasteiger partial charge in [-0.1, -0.05) is 45.4 Å². The second-order valence-corrected chi connectivity index (χ2v) is 5.98. The van der Waals surface area contributed by atoms with Crippen LogP contribution in [0.2, 0.25) is 0 Å². The number of hydrogen-bond donors (Lipinski definition) is 1. The zero-order valence-electron chi connectivity index (χ0n) is 7.30. The summed E-state index contributed by atoms with van der Waals surface area (Å²) in [5, 5.41) is 9.06. The summed E-state index contributed by atoms with van der Waals surface area (Å²) < 4.78 is 4.72. The van der Waals surface area contributed by atoms with Crippen molar-refractivity contribution in [1.82, 2.24) is 0 Å². The maximum absolute atomic E-state index is 10.7. The van der Waals surface area contributed by atoms with Gasteiger partial charge in [0.15, 0.2) is 0 Å². The molecule has 1 unspecified atom stereocenters. The van der Waals surface area contributed by atoms with Gasteiger partial charge < -0.3 is 9.84 Å². The first-order chi connectivity index (χ1) is 5.96. The van der Waals surface area contributed by atoms with Gasteiger partial charge in [0.25, 0.3) is 0 Å². The largest absolute Gasteiger partial charge is 0.462 e. The van der Waals surface area contributed by atoms with Crippen molar-refractivity contribution >= 4 is 37.8 Å².